The van der Waals surface area contributed by atoms with Gasteiger partial charge in [-0.1, -0.05) is 24.6 Å². The maximum atomic E-state index is 5.73. The van der Waals surface area contributed by atoms with Crippen molar-refractivity contribution < 1.29 is 0 Å². The minimum absolute atomic E-state index is 0.549. The number of pyridine rings is 1. The van der Waals surface area contributed by atoms with Gasteiger partial charge in [-0.15, -0.1) is 0 Å². The molecule has 2 nitrogen and oxygen atoms in total. The van der Waals surface area contributed by atoms with Gasteiger partial charge < -0.3 is 5.32 Å². The van der Waals surface area contributed by atoms with Gasteiger partial charge in [0.05, 0.1) is 0 Å². The lowest BCUT2D eigenvalue weighted by Gasteiger charge is -2.02. The second-order valence-corrected chi connectivity index (χ2v) is 3.70. The second kappa shape index (κ2) is 2.94. The first-order valence-corrected chi connectivity index (χ1v) is 4.52. The molecule has 1 heterocycles. The highest BCUT2D eigenvalue weighted by atomic mass is 35.5. The Labute approximate surface area is 77.0 Å². The summed E-state index contributed by atoms with van der Waals surface area (Å²) < 4.78 is 0. The van der Waals surface area contributed by atoms with Crippen LogP contribution in [-0.4, -0.2) is 11.0 Å². The Morgan fingerprint density at radius 3 is 2.92 bits per heavy atom. The van der Waals surface area contributed by atoms with Crippen LogP contribution in [0.5, 0.6) is 0 Å². The summed E-state index contributed by atoms with van der Waals surface area (Å²) in [6.45, 7) is 2.22. The van der Waals surface area contributed by atoms with Crippen molar-refractivity contribution in [3.63, 3.8) is 0 Å². The van der Waals surface area contributed by atoms with Crippen molar-refractivity contribution in [2.75, 3.05) is 5.32 Å². The molecule has 1 aromatic heterocycles. The van der Waals surface area contributed by atoms with E-state index in [0.717, 1.165) is 11.7 Å². The zero-order valence-electron chi connectivity index (χ0n) is 6.92. The molecule has 2 atom stereocenters. The lowest BCUT2D eigenvalue weighted by Crippen LogP contribution is -2.04. The van der Waals surface area contributed by atoms with Crippen molar-refractivity contribution in [3.8, 4) is 0 Å². The predicted octanol–water partition coefficient (Wildman–Crippen LogP) is 2.56. The van der Waals surface area contributed by atoms with Crippen molar-refractivity contribution in [3.05, 3.63) is 23.4 Å². The van der Waals surface area contributed by atoms with Crippen molar-refractivity contribution in [2.45, 2.75) is 19.4 Å². The molecule has 1 saturated carbocycles. The van der Waals surface area contributed by atoms with Gasteiger partial charge in [0, 0.05) is 6.04 Å². The highest BCUT2D eigenvalue weighted by molar-refractivity contribution is 6.29. The number of aromatic nitrogens is 1. The van der Waals surface area contributed by atoms with Crippen LogP contribution in [0.1, 0.15) is 13.3 Å². The summed E-state index contributed by atoms with van der Waals surface area (Å²) in [4.78, 5) is 4.14. The van der Waals surface area contributed by atoms with E-state index >= 15 is 0 Å². The first-order valence-electron chi connectivity index (χ1n) is 4.15. The summed E-state index contributed by atoms with van der Waals surface area (Å²) in [5, 5.41) is 3.86. The molecule has 0 amide bonds. The molecule has 1 aliphatic rings. The van der Waals surface area contributed by atoms with Crippen LogP contribution in [0.25, 0.3) is 0 Å². The van der Waals surface area contributed by atoms with Gasteiger partial charge in [-0.25, -0.2) is 4.98 Å². The van der Waals surface area contributed by atoms with Gasteiger partial charge in [-0.2, -0.15) is 0 Å². The molecule has 1 N–H and O–H groups in total. The van der Waals surface area contributed by atoms with Crippen LogP contribution in [0.15, 0.2) is 18.2 Å². The Bertz CT molecular complexity index is 288. The van der Waals surface area contributed by atoms with E-state index in [2.05, 4.69) is 17.2 Å². The summed E-state index contributed by atoms with van der Waals surface area (Å²) in [6, 6.07) is 6.24. The largest absolute Gasteiger partial charge is 0.367 e. The number of nitrogens with one attached hydrogen (secondary N) is 1. The van der Waals surface area contributed by atoms with E-state index in [1.807, 2.05) is 12.1 Å². The van der Waals surface area contributed by atoms with Crippen LogP contribution in [0.4, 0.5) is 5.82 Å². The molecule has 0 bridgehead atoms. The fraction of sp³-hybridized carbons (Fsp3) is 0.444. The molecule has 64 valence electrons. The molecular formula is C9H11ClN2. The third-order valence-electron chi connectivity index (χ3n) is 2.16. The van der Waals surface area contributed by atoms with E-state index in [4.69, 9.17) is 11.6 Å². The van der Waals surface area contributed by atoms with Crippen LogP contribution in [0.2, 0.25) is 5.15 Å². The van der Waals surface area contributed by atoms with Crippen LogP contribution in [0.3, 0.4) is 0 Å². The maximum absolute atomic E-state index is 5.73. The summed E-state index contributed by atoms with van der Waals surface area (Å²) in [7, 11) is 0. The summed E-state index contributed by atoms with van der Waals surface area (Å²) >= 11 is 5.73. The Morgan fingerprint density at radius 1 is 1.58 bits per heavy atom. The SMILES string of the molecule is CC1CC1Nc1cccc(Cl)n1. The van der Waals surface area contributed by atoms with E-state index in [1.165, 1.54) is 6.42 Å². The number of nitrogens with zero attached hydrogens (tertiary/aromatic N) is 1. The van der Waals surface area contributed by atoms with Crippen molar-refractivity contribution in [2.24, 2.45) is 5.92 Å². The molecule has 0 aliphatic heterocycles. The quantitative estimate of drug-likeness (QED) is 0.712. The number of rotatable bonds is 2. The maximum Gasteiger partial charge on any atom is 0.131 e. The lowest BCUT2D eigenvalue weighted by molar-refractivity contribution is 0.924. The Morgan fingerprint density at radius 2 is 2.33 bits per heavy atom. The predicted molar refractivity (Wildman–Crippen MR) is 50.4 cm³/mol. The summed E-state index contributed by atoms with van der Waals surface area (Å²) in [5.41, 5.74) is 0. The fourth-order valence-corrected chi connectivity index (χ4v) is 1.37. The number of anilines is 1. The average Bonchev–Trinajstić information content (AvgIpc) is 2.66. The van der Waals surface area contributed by atoms with Gasteiger partial charge in [0.15, 0.2) is 0 Å². The van der Waals surface area contributed by atoms with Gasteiger partial charge >= 0.3 is 0 Å². The van der Waals surface area contributed by atoms with Crippen LogP contribution < -0.4 is 5.32 Å². The highest BCUT2D eigenvalue weighted by Crippen LogP contribution is 2.32. The molecular weight excluding hydrogens is 172 g/mol. The molecule has 1 aliphatic carbocycles. The second-order valence-electron chi connectivity index (χ2n) is 3.31. The molecule has 0 spiro atoms. The normalized spacial score (nSPS) is 26.8. The van der Waals surface area contributed by atoms with Crippen molar-refractivity contribution in [1.82, 2.24) is 4.98 Å². The van der Waals surface area contributed by atoms with Gasteiger partial charge in [0.2, 0.25) is 0 Å². The number of hydrogen-bond donors (Lipinski definition) is 1. The third kappa shape index (κ3) is 1.69. The molecule has 3 heteroatoms. The zero-order chi connectivity index (χ0) is 8.55. The van der Waals surface area contributed by atoms with E-state index in [1.54, 1.807) is 6.07 Å². The van der Waals surface area contributed by atoms with E-state index in [-0.39, 0.29) is 0 Å². The van der Waals surface area contributed by atoms with Gasteiger partial charge in [0.1, 0.15) is 11.0 Å². The average molecular weight is 183 g/mol. The first-order chi connectivity index (χ1) is 5.75. The number of halogens is 1. The minimum atomic E-state index is 0.549. The van der Waals surface area contributed by atoms with Gasteiger partial charge in [0.25, 0.3) is 0 Å². The summed E-state index contributed by atoms with van der Waals surface area (Å²) in [5.74, 6) is 1.67. The topological polar surface area (TPSA) is 24.9 Å². The Balaban J connectivity index is 2.03. The standard InChI is InChI=1S/C9H11ClN2/c1-6-5-7(6)11-9-4-2-3-8(10)12-9/h2-4,6-7H,5H2,1H3,(H,11,12). The smallest absolute Gasteiger partial charge is 0.131 e. The lowest BCUT2D eigenvalue weighted by atomic mass is 10.4. The van der Waals surface area contributed by atoms with Crippen LogP contribution >= 0.6 is 11.6 Å². The fourth-order valence-electron chi connectivity index (χ4n) is 1.20. The van der Waals surface area contributed by atoms with Crippen molar-refractivity contribution in [1.29, 1.82) is 0 Å². The molecule has 0 aromatic carbocycles. The third-order valence-corrected chi connectivity index (χ3v) is 2.37. The number of hydrogen-bond acceptors (Lipinski definition) is 2. The molecule has 12 heavy (non-hydrogen) atoms. The van der Waals surface area contributed by atoms with E-state index in [0.29, 0.717) is 11.2 Å². The first kappa shape index (κ1) is 7.87. The Hall–Kier alpha value is -0.760. The van der Waals surface area contributed by atoms with E-state index in [9.17, 15) is 0 Å². The molecule has 2 unspecified atom stereocenters. The molecule has 1 aromatic rings. The van der Waals surface area contributed by atoms with Gasteiger partial charge in [-0.05, 0) is 24.5 Å². The molecule has 2 rings (SSSR count). The monoisotopic (exact) mass is 182 g/mol. The zero-order valence-corrected chi connectivity index (χ0v) is 7.67. The van der Waals surface area contributed by atoms with Crippen LogP contribution in [-0.2, 0) is 0 Å². The summed E-state index contributed by atoms with van der Waals surface area (Å²) in [6.07, 6.45) is 1.24. The van der Waals surface area contributed by atoms with Crippen LogP contribution in [0, 0.1) is 5.92 Å². The molecule has 0 radical (unpaired) electrons. The van der Waals surface area contributed by atoms with Gasteiger partial charge in [-0.3, -0.25) is 0 Å². The molecule has 1 fully saturated rings. The highest BCUT2D eigenvalue weighted by Gasteiger charge is 2.32. The Kier molecular flexibility index (Phi) is 1.93. The van der Waals surface area contributed by atoms with Crippen molar-refractivity contribution >= 4 is 17.4 Å². The minimum Gasteiger partial charge on any atom is -0.367 e. The van der Waals surface area contributed by atoms with E-state index < -0.39 is 0 Å². The molecule has 0 saturated heterocycles.